The number of amides is 1. The molecule has 3 rings (SSSR count). The molecule has 2 aliphatic rings. The molecule has 1 spiro atoms. The van der Waals surface area contributed by atoms with Gasteiger partial charge in [-0.1, -0.05) is 30.7 Å². The first-order valence-corrected chi connectivity index (χ1v) is 10.5. The fourth-order valence-electron chi connectivity index (χ4n) is 4.17. The number of benzene rings is 1. The highest BCUT2D eigenvalue weighted by Gasteiger charge is 2.64. The fraction of sp³-hybridized carbons (Fsp3) is 0.556. The van der Waals surface area contributed by atoms with Crippen molar-refractivity contribution in [3.8, 4) is 0 Å². The molecule has 2 aliphatic carbocycles. The molecule has 25 heavy (non-hydrogen) atoms. The highest BCUT2D eigenvalue weighted by atomic mass is 32.2. The number of nitrogens with one attached hydrogen (secondary N) is 1. The van der Waals surface area contributed by atoms with Crippen LogP contribution >= 0.6 is 0 Å². The molecule has 7 heteroatoms. The minimum atomic E-state index is -3.19. The second-order valence-corrected chi connectivity index (χ2v) is 9.76. The third-order valence-electron chi connectivity index (χ3n) is 5.59. The van der Waals surface area contributed by atoms with E-state index in [2.05, 4.69) is 5.32 Å². The van der Waals surface area contributed by atoms with Crippen molar-refractivity contribution in [3.05, 3.63) is 35.4 Å². The summed E-state index contributed by atoms with van der Waals surface area (Å²) >= 11 is 0. The molecule has 0 saturated heterocycles. The Balaban J connectivity index is 1.69. The van der Waals surface area contributed by atoms with Crippen molar-refractivity contribution < 1.29 is 23.1 Å². The zero-order valence-corrected chi connectivity index (χ0v) is 15.1. The maximum Gasteiger partial charge on any atom is 0.319 e. The second kappa shape index (κ2) is 6.12. The molecule has 2 saturated carbocycles. The quantitative estimate of drug-likeness (QED) is 0.750. The van der Waals surface area contributed by atoms with E-state index in [4.69, 9.17) is 0 Å². The smallest absolute Gasteiger partial charge is 0.319 e. The average Bonchev–Trinajstić information content (AvgIpc) is 2.41. The van der Waals surface area contributed by atoms with E-state index in [0.29, 0.717) is 24.0 Å². The van der Waals surface area contributed by atoms with Crippen LogP contribution in [0.2, 0.25) is 0 Å². The monoisotopic (exact) mass is 365 g/mol. The van der Waals surface area contributed by atoms with Crippen LogP contribution in [0.15, 0.2) is 24.3 Å². The van der Waals surface area contributed by atoms with Gasteiger partial charge in [0.15, 0.2) is 9.84 Å². The molecule has 0 atom stereocenters. The van der Waals surface area contributed by atoms with Crippen LogP contribution in [0.4, 0.5) is 0 Å². The largest absolute Gasteiger partial charge is 0.480 e. The van der Waals surface area contributed by atoms with Crippen LogP contribution in [0.25, 0.3) is 0 Å². The van der Waals surface area contributed by atoms with Gasteiger partial charge < -0.3 is 10.4 Å². The van der Waals surface area contributed by atoms with E-state index in [1.54, 1.807) is 24.3 Å². The molecule has 1 aromatic rings. The summed E-state index contributed by atoms with van der Waals surface area (Å²) in [6, 6.07) is 6.98. The Morgan fingerprint density at radius 1 is 1.16 bits per heavy atom. The number of carboxylic acid groups (broad SMARTS) is 1. The lowest BCUT2D eigenvalue weighted by Gasteiger charge is -2.58. The molecule has 2 N–H and O–H groups in total. The predicted molar refractivity (Wildman–Crippen MR) is 92.4 cm³/mol. The first-order valence-electron chi connectivity index (χ1n) is 8.42. The van der Waals surface area contributed by atoms with Crippen molar-refractivity contribution in [3.63, 3.8) is 0 Å². The van der Waals surface area contributed by atoms with E-state index < -0.39 is 27.1 Å². The van der Waals surface area contributed by atoms with Crippen LogP contribution in [0.1, 0.15) is 43.2 Å². The summed E-state index contributed by atoms with van der Waals surface area (Å²) in [5, 5.41) is 12.3. The Morgan fingerprint density at radius 3 is 2.24 bits per heavy atom. The molecular formula is C18H23NO5S. The molecule has 0 heterocycles. The highest BCUT2D eigenvalue weighted by molar-refractivity contribution is 7.89. The summed E-state index contributed by atoms with van der Waals surface area (Å²) in [5.74, 6) is -1.63. The van der Waals surface area contributed by atoms with Crippen LogP contribution in [0.3, 0.4) is 0 Å². The third-order valence-corrected chi connectivity index (χ3v) is 6.42. The Bertz CT molecular complexity index is 803. The van der Waals surface area contributed by atoms with Crippen LogP contribution in [0.5, 0.6) is 0 Å². The third kappa shape index (κ3) is 3.42. The van der Waals surface area contributed by atoms with Crippen molar-refractivity contribution in [1.82, 2.24) is 5.32 Å². The van der Waals surface area contributed by atoms with Gasteiger partial charge in [0.1, 0.15) is 5.41 Å². The van der Waals surface area contributed by atoms with Crippen LogP contribution < -0.4 is 5.32 Å². The van der Waals surface area contributed by atoms with Crippen molar-refractivity contribution >= 4 is 21.7 Å². The maximum absolute atomic E-state index is 12.6. The van der Waals surface area contributed by atoms with Gasteiger partial charge in [-0.25, -0.2) is 8.42 Å². The number of carboxylic acids is 1. The van der Waals surface area contributed by atoms with Crippen LogP contribution in [0, 0.1) is 10.8 Å². The summed E-state index contributed by atoms with van der Waals surface area (Å²) in [7, 11) is -3.19. The number of aliphatic carboxylic acids is 1. The van der Waals surface area contributed by atoms with E-state index in [9.17, 15) is 23.1 Å². The molecule has 1 aromatic carbocycles. The number of rotatable bonds is 6. The second-order valence-electron chi connectivity index (χ2n) is 7.62. The first kappa shape index (κ1) is 17.9. The Morgan fingerprint density at radius 2 is 1.76 bits per heavy atom. The summed E-state index contributed by atoms with van der Waals surface area (Å²) < 4.78 is 23.1. The topological polar surface area (TPSA) is 101 Å². The van der Waals surface area contributed by atoms with Crippen LogP contribution in [-0.2, 0) is 31.7 Å². The summed E-state index contributed by atoms with van der Waals surface area (Å²) in [6.45, 7) is 0.132. The lowest BCUT2D eigenvalue weighted by molar-refractivity contribution is -0.181. The molecule has 0 aliphatic heterocycles. The SMILES string of the molecule is CS(=O)(=O)Cc1ccccc1CNC(=O)C1(C(=O)O)CC2(CCC2)C1. The molecule has 0 bridgehead atoms. The van der Waals surface area contributed by atoms with E-state index in [0.717, 1.165) is 25.5 Å². The molecule has 1 amide bonds. The molecule has 0 aromatic heterocycles. The molecule has 6 nitrogen and oxygen atoms in total. The molecule has 0 radical (unpaired) electrons. The number of hydrogen-bond acceptors (Lipinski definition) is 4. The zero-order valence-electron chi connectivity index (χ0n) is 14.2. The van der Waals surface area contributed by atoms with E-state index in [1.165, 1.54) is 0 Å². The van der Waals surface area contributed by atoms with Gasteiger partial charge in [0.25, 0.3) is 0 Å². The van der Waals surface area contributed by atoms with Gasteiger partial charge in [0, 0.05) is 12.8 Å². The summed E-state index contributed by atoms with van der Waals surface area (Å²) in [4.78, 5) is 24.3. The summed E-state index contributed by atoms with van der Waals surface area (Å²) in [5.41, 5.74) is 0.0501. The standard InChI is InChI=1S/C18H23NO5S/c1-25(23,24)10-14-6-3-2-5-13(14)9-19-15(20)18(16(21)22)11-17(12-18)7-4-8-17/h2-3,5-6H,4,7-12H2,1H3,(H,19,20)(H,21,22). The average molecular weight is 365 g/mol. The first-order chi connectivity index (χ1) is 11.7. The van der Waals surface area contributed by atoms with Crippen molar-refractivity contribution in [1.29, 1.82) is 0 Å². The number of hydrogen-bond donors (Lipinski definition) is 2. The highest BCUT2D eigenvalue weighted by Crippen LogP contribution is 2.64. The van der Waals surface area contributed by atoms with Gasteiger partial charge >= 0.3 is 5.97 Å². The van der Waals surface area contributed by atoms with Crippen molar-refractivity contribution in [2.75, 3.05) is 6.26 Å². The van der Waals surface area contributed by atoms with Gasteiger partial charge in [-0.05, 0) is 42.2 Å². The van der Waals surface area contributed by atoms with Gasteiger partial charge in [-0.3, -0.25) is 9.59 Å². The van der Waals surface area contributed by atoms with Gasteiger partial charge in [-0.2, -0.15) is 0 Å². The summed E-state index contributed by atoms with van der Waals surface area (Å²) in [6.07, 6.45) is 5.10. The lowest BCUT2D eigenvalue weighted by Crippen LogP contribution is -2.61. The number of carbonyl (C=O) groups is 2. The molecular weight excluding hydrogens is 342 g/mol. The predicted octanol–water partition coefficient (Wildman–Crippen LogP) is 1.88. The van der Waals surface area contributed by atoms with E-state index in [1.807, 2.05) is 0 Å². The van der Waals surface area contributed by atoms with E-state index >= 15 is 0 Å². The molecule has 2 fully saturated rings. The number of sulfone groups is 1. The Labute approximate surface area is 147 Å². The maximum atomic E-state index is 12.6. The Hall–Kier alpha value is -1.89. The van der Waals surface area contributed by atoms with Gasteiger partial charge in [0.05, 0.1) is 5.75 Å². The Kier molecular flexibility index (Phi) is 4.39. The van der Waals surface area contributed by atoms with Crippen molar-refractivity contribution in [2.45, 2.75) is 44.4 Å². The van der Waals surface area contributed by atoms with Crippen molar-refractivity contribution in [2.24, 2.45) is 10.8 Å². The molecule has 0 unspecified atom stereocenters. The van der Waals surface area contributed by atoms with Gasteiger partial charge in [0.2, 0.25) is 5.91 Å². The number of carbonyl (C=O) groups excluding carboxylic acids is 1. The normalized spacial score (nSPS) is 20.4. The molecule has 136 valence electrons. The lowest BCUT2D eigenvalue weighted by atomic mass is 9.45. The fourth-order valence-corrected chi connectivity index (χ4v) is 5.01. The minimum absolute atomic E-state index is 0.0595. The minimum Gasteiger partial charge on any atom is -0.480 e. The van der Waals surface area contributed by atoms with Gasteiger partial charge in [-0.15, -0.1) is 0 Å². The zero-order chi connectivity index (χ0) is 18.3. The van der Waals surface area contributed by atoms with Crippen LogP contribution in [-0.4, -0.2) is 31.7 Å². The van der Waals surface area contributed by atoms with E-state index in [-0.39, 0.29) is 17.7 Å².